The standard InChI is InChI=1S/C12H14N2O4/c15-11(13-10-4-2-1-3-5-10)12(14(16)17)18-8-9-6-7-9/h1-5,9,12H,6-8H2,(H,13,15). The van der Waals surface area contributed by atoms with Crippen molar-refractivity contribution in [2.24, 2.45) is 5.92 Å². The molecule has 1 atom stereocenters. The Morgan fingerprint density at radius 2 is 2.11 bits per heavy atom. The molecular weight excluding hydrogens is 236 g/mol. The van der Waals surface area contributed by atoms with Gasteiger partial charge in [-0.3, -0.25) is 14.9 Å². The fourth-order valence-electron chi connectivity index (χ4n) is 1.47. The number of nitrogens with one attached hydrogen (secondary N) is 1. The van der Waals surface area contributed by atoms with Gasteiger partial charge >= 0.3 is 12.1 Å². The quantitative estimate of drug-likeness (QED) is 0.473. The van der Waals surface area contributed by atoms with Crippen LogP contribution in [0.2, 0.25) is 0 Å². The van der Waals surface area contributed by atoms with Crippen LogP contribution in [0.4, 0.5) is 5.69 Å². The van der Waals surface area contributed by atoms with Crippen LogP contribution in [-0.4, -0.2) is 23.7 Å². The van der Waals surface area contributed by atoms with Crippen LogP contribution in [0.15, 0.2) is 30.3 Å². The van der Waals surface area contributed by atoms with E-state index in [9.17, 15) is 14.9 Å². The maximum absolute atomic E-state index is 11.7. The van der Waals surface area contributed by atoms with Crippen LogP contribution >= 0.6 is 0 Å². The summed E-state index contributed by atoms with van der Waals surface area (Å²) in [5.74, 6) is -0.371. The van der Waals surface area contributed by atoms with Crippen molar-refractivity contribution >= 4 is 11.6 Å². The molecule has 0 bridgehead atoms. The summed E-state index contributed by atoms with van der Waals surface area (Å²) >= 11 is 0. The molecule has 1 unspecified atom stereocenters. The van der Waals surface area contributed by atoms with Gasteiger partial charge in [-0.1, -0.05) is 18.2 Å². The first-order chi connectivity index (χ1) is 8.66. The molecule has 0 radical (unpaired) electrons. The zero-order valence-electron chi connectivity index (χ0n) is 9.74. The van der Waals surface area contributed by atoms with Crippen molar-refractivity contribution in [1.82, 2.24) is 0 Å². The lowest BCUT2D eigenvalue weighted by Gasteiger charge is -2.10. The van der Waals surface area contributed by atoms with Crippen molar-refractivity contribution in [1.29, 1.82) is 0 Å². The Hall–Kier alpha value is -1.95. The van der Waals surface area contributed by atoms with E-state index < -0.39 is 17.1 Å². The number of anilines is 1. The van der Waals surface area contributed by atoms with E-state index in [0.717, 1.165) is 12.8 Å². The van der Waals surface area contributed by atoms with Crippen LogP contribution in [0.25, 0.3) is 0 Å². The number of carbonyl (C=O) groups excluding carboxylic acids is 1. The van der Waals surface area contributed by atoms with E-state index in [-0.39, 0.29) is 6.61 Å². The molecule has 0 heterocycles. The van der Waals surface area contributed by atoms with E-state index in [1.807, 2.05) is 0 Å². The number of rotatable bonds is 6. The summed E-state index contributed by atoms with van der Waals surface area (Å²) in [6.45, 7) is 0.272. The molecule has 0 spiro atoms. The van der Waals surface area contributed by atoms with Gasteiger partial charge in [-0.2, -0.15) is 0 Å². The van der Waals surface area contributed by atoms with Gasteiger partial charge in [0, 0.05) is 5.69 Å². The Kier molecular flexibility index (Phi) is 3.88. The average Bonchev–Trinajstić information content (AvgIpc) is 3.14. The molecule has 2 rings (SSSR count). The van der Waals surface area contributed by atoms with Gasteiger partial charge < -0.3 is 10.1 Å². The third-order valence-electron chi connectivity index (χ3n) is 2.64. The Morgan fingerprint density at radius 3 is 2.67 bits per heavy atom. The van der Waals surface area contributed by atoms with Gasteiger partial charge in [-0.05, 0) is 30.9 Å². The van der Waals surface area contributed by atoms with Gasteiger partial charge in [-0.15, -0.1) is 0 Å². The van der Waals surface area contributed by atoms with Gasteiger partial charge in [0.2, 0.25) is 0 Å². The zero-order valence-corrected chi connectivity index (χ0v) is 9.74. The number of para-hydroxylation sites is 1. The van der Waals surface area contributed by atoms with Crippen molar-refractivity contribution in [3.05, 3.63) is 40.4 Å². The summed E-state index contributed by atoms with van der Waals surface area (Å²) in [5.41, 5.74) is 0.518. The Morgan fingerprint density at radius 1 is 1.44 bits per heavy atom. The molecule has 1 saturated carbocycles. The lowest BCUT2D eigenvalue weighted by molar-refractivity contribution is -0.558. The number of hydrogen-bond donors (Lipinski definition) is 1. The van der Waals surface area contributed by atoms with Crippen molar-refractivity contribution < 1.29 is 14.5 Å². The fourth-order valence-corrected chi connectivity index (χ4v) is 1.47. The molecule has 0 aliphatic heterocycles. The van der Waals surface area contributed by atoms with E-state index in [2.05, 4.69) is 5.32 Å². The molecule has 96 valence electrons. The maximum Gasteiger partial charge on any atom is 0.395 e. The first-order valence-electron chi connectivity index (χ1n) is 5.78. The van der Waals surface area contributed by atoms with Crippen LogP contribution in [0, 0.1) is 16.0 Å². The SMILES string of the molecule is O=C(Nc1ccccc1)C(OCC1CC1)[N+](=O)[O-]. The lowest BCUT2D eigenvalue weighted by atomic mass is 10.3. The zero-order chi connectivity index (χ0) is 13.0. The van der Waals surface area contributed by atoms with E-state index in [1.54, 1.807) is 30.3 Å². The summed E-state index contributed by atoms with van der Waals surface area (Å²) < 4.78 is 5.05. The largest absolute Gasteiger partial charge is 0.395 e. The monoisotopic (exact) mass is 250 g/mol. The van der Waals surface area contributed by atoms with E-state index in [4.69, 9.17) is 4.74 Å². The van der Waals surface area contributed by atoms with Gasteiger partial charge in [0.05, 0.1) is 11.5 Å². The minimum absolute atomic E-state index is 0.272. The molecule has 18 heavy (non-hydrogen) atoms. The highest BCUT2D eigenvalue weighted by Gasteiger charge is 2.33. The number of hydrogen-bond acceptors (Lipinski definition) is 4. The summed E-state index contributed by atoms with van der Waals surface area (Å²) in [4.78, 5) is 21.8. The molecule has 1 N–H and O–H groups in total. The summed E-state index contributed by atoms with van der Waals surface area (Å²) in [6, 6.07) is 8.60. The van der Waals surface area contributed by atoms with Gasteiger partial charge in [0.25, 0.3) is 0 Å². The maximum atomic E-state index is 11.7. The topological polar surface area (TPSA) is 81.5 Å². The highest BCUT2D eigenvalue weighted by molar-refractivity contribution is 5.93. The molecule has 1 aromatic carbocycles. The first kappa shape index (κ1) is 12.5. The van der Waals surface area contributed by atoms with E-state index >= 15 is 0 Å². The Balaban J connectivity index is 1.92. The van der Waals surface area contributed by atoms with Crippen LogP contribution in [0.1, 0.15) is 12.8 Å². The predicted molar refractivity (Wildman–Crippen MR) is 64.5 cm³/mol. The second-order valence-electron chi connectivity index (χ2n) is 4.27. The highest BCUT2D eigenvalue weighted by atomic mass is 16.7. The Labute approximate surface area is 104 Å². The second kappa shape index (κ2) is 5.59. The van der Waals surface area contributed by atoms with Crippen molar-refractivity contribution in [3.63, 3.8) is 0 Å². The third kappa shape index (κ3) is 3.53. The number of ether oxygens (including phenoxy) is 1. The molecule has 1 aliphatic rings. The minimum atomic E-state index is -1.63. The van der Waals surface area contributed by atoms with Crippen LogP contribution in [0.3, 0.4) is 0 Å². The van der Waals surface area contributed by atoms with Crippen molar-refractivity contribution in [2.45, 2.75) is 19.1 Å². The number of nitrogens with zero attached hydrogens (tertiary/aromatic N) is 1. The molecule has 6 heteroatoms. The van der Waals surface area contributed by atoms with E-state index in [0.29, 0.717) is 11.6 Å². The molecule has 0 saturated heterocycles. The third-order valence-corrected chi connectivity index (χ3v) is 2.64. The molecule has 1 fully saturated rings. The predicted octanol–water partition coefficient (Wildman–Crippen LogP) is 1.65. The van der Waals surface area contributed by atoms with Crippen molar-refractivity contribution in [2.75, 3.05) is 11.9 Å². The summed E-state index contributed by atoms with van der Waals surface area (Å²) in [6.07, 6.45) is 0.404. The fraction of sp³-hybridized carbons (Fsp3) is 0.417. The normalized spacial score (nSPS) is 16.0. The smallest absolute Gasteiger partial charge is 0.318 e. The summed E-state index contributed by atoms with van der Waals surface area (Å²) in [7, 11) is 0. The van der Waals surface area contributed by atoms with Crippen LogP contribution in [-0.2, 0) is 9.53 Å². The molecule has 1 amide bonds. The number of nitro groups is 1. The van der Waals surface area contributed by atoms with Gasteiger partial charge in [0.1, 0.15) is 0 Å². The molecule has 1 aliphatic carbocycles. The second-order valence-corrected chi connectivity index (χ2v) is 4.27. The molecular formula is C12H14N2O4. The van der Waals surface area contributed by atoms with Crippen LogP contribution in [0.5, 0.6) is 0 Å². The average molecular weight is 250 g/mol. The molecule has 6 nitrogen and oxygen atoms in total. The lowest BCUT2D eigenvalue weighted by Crippen LogP contribution is -2.37. The Bertz CT molecular complexity index is 431. The van der Waals surface area contributed by atoms with Crippen molar-refractivity contribution in [3.8, 4) is 0 Å². The molecule has 1 aromatic rings. The minimum Gasteiger partial charge on any atom is -0.318 e. The van der Waals surface area contributed by atoms with Gasteiger partial charge in [0.15, 0.2) is 0 Å². The van der Waals surface area contributed by atoms with Gasteiger partial charge in [-0.25, -0.2) is 0 Å². The molecule has 0 aromatic heterocycles. The number of benzene rings is 1. The summed E-state index contributed by atoms with van der Waals surface area (Å²) in [5, 5.41) is 13.2. The number of carbonyl (C=O) groups is 1. The first-order valence-corrected chi connectivity index (χ1v) is 5.78. The van der Waals surface area contributed by atoms with Crippen LogP contribution < -0.4 is 5.32 Å². The highest BCUT2D eigenvalue weighted by Crippen LogP contribution is 2.29. The number of amides is 1. The van der Waals surface area contributed by atoms with E-state index in [1.165, 1.54) is 0 Å².